The SMILES string of the molecule is CCOc1cc(C=Nn2c(CC)nc3ccc(Br)cc3c2=O)c(Br)c(Br)c1OCC(=O)N1CCOCC1. The largest absolute Gasteiger partial charge is 0.490 e. The number of nitrogens with zero attached hydrogens (tertiary/aromatic N) is 4. The van der Waals surface area contributed by atoms with Gasteiger partial charge in [-0.1, -0.05) is 22.9 Å². The van der Waals surface area contributed by atoms with Crippen molar-refractivity contribution in [2.24, 2.45) is 5.10 Å². The zero-order valence-electron chi connectivity index (χ0n) is 20.3. The van der Waals surface area contributed by atoms with Gasteiger partial charge in [-0.25, -0.2) is 4.98 Å². The number of hydrogen-bond acceptors (Lipinski definition) is 7. The van der Waals surface area contributed by atoms with Crippen molar-refractivity contribution >= 4 is 70.8 Å². The summed E-state index contributed by atoms with van der Waals surface area (Å²) in [5.41, 5.74) is 0.999. The van der Waals surface area contributed by atoms with Gasteiger partial charge in [-0.05, 0) is 63.0 Å². The summed E-state index contributed by atoms with van der Waals surface area (Å²) in [5, 5.41) is 4.94. The average molecular weight is 701 g/mol. The normalized spacial score (nSPS) is 13.9. The number of halogens is 3. The lowest BCUT2D eigenvalue weighted by atomic mass is 10.2. The van der Waals surface area contributed by atoms with Crippen LogP contribution in [-0.4, -0.2) is 66.2 Å². The molecule has 0 aliphatic carbocycles. The number of fused-ring (bicyclic) bond motifs is 1. The maximum atomic E-state index is 13.2. The predicted octanol–water partition coefficient (Wildman–Crippen LogP) is 4.76. The molecule has 1 saturated heterocycles. The summed E-state index contributed by atoms with van der Waals surface area (Å²) in [4.78, 5) is 32.1. The summed E-state index contributed by atoms with van der Waals surface area (Å²) in [6, 6.07) is 7.14. The molecule has 9 nitrogen and oxygen atoms in total. The maximum absolute atomic E-state index is 13.2. The first-order chi connectivity index (χ1) is 17.8. The molecule has 0 saturated carbocycles. The van der Waals surface area contributed by atoms with Crippen molar-refractivity contribution in [1.29, 1.82) is 0 Å². The molecule has 0 N–H and O–H groups in total. The van der Waals surface area contributed by atoms with E-state index >= 15 is 0 Å². The molecule has 37 heavy (non-hydrogen) atoms. The van der Waals surface area contributed by atoms with Crippen molar-refractivity contribution in [1.82, 2.24) is 14.6 Å². The van der Waals surface area contributed by atoms with Crippen LogP contribution in [0.25, 0.3) is 10.9 Å². The number of benzene rings is 2. The number of carbonyl (C=O) groups excluding carboxylic acids is 1. The van der Waals surface area contributed by atoms with Crippen LogP contribution in [0.1, 0.15) is 25.2 Å². The highest BCUT2D eigenvalue weighted by Crippen LogP contribution is 2.42. The van der Waals surface area contributed by atoms with Crippen LogP contribution in [0.3, 0.4) is 0 Å². The molecule has 2 heterocycles. The van der Waals surface area contributed by atoms with Gasteiger partial charge in [-0.2, -0.15) is 9.78 Å². The van der Waals surface area contributed by atoms with E-state index in [4.69, 9.17) is 14.2 Å². The number of hydrogen-bond donors (Lipinski definition) is 0. The predicted molar refractivity (Wildman–Crippen MR) is 152 cm³/mol. The van der Waals surface area contributed by atoms with E-state index in [1.54, 1.807) is 29.3 Å². The standard InChI is InChI=1S/C25H25Br3N4O5/c1-3-20-30-18-6-5-16(26)12-17(18)25(34)32(20)29-13-15-11-19(36-4-2)24(23(28)22(15)27)37-14-21(33)31-7-9-35-10-8-31/h5-6,11-13H,3-4,7-10,14H2,1-2H3. The van der Waals surface area contributed by atoms with Crippen LogP contribution in [0.15, 0.2) is 47.6 Å². The molecule has 0 spiro atoms. The van der Waals surface area contributed by atoms with Gasteiger partial charge >= 0.3 is 0 Å². The summed E-state index contributed by atoms with van der Waals surface area (Å²) in [6.07, 6.45) is 2.09. The van der Waals surface area contributed by atoms with Crippen molar-refractivity contribution in [3.05, 3.63) is 59.4 Å². The summed E-state index contributed by atoms with van der Waals surface area (Å²) >= 11 is 10.6. The Morgan fingerprint density at radius 2 is 1.89 bits per heavy atom. The van der Waals surface area contributed by atoms with Crippen molar-refractivity contribution in [3.8, 4) is 11.5 Å². The zero-order chi connectivity index (χ0) is 26.5. The molecular weight excluding hydrogens is 676 g/mol. The molecule has 4 rings (SSSR count). The van der Waals surface area contributed by atoms with Crippen LogP contribution < -0.4 is 15.0 Å². The van der Waals surface area contributed by atoms with E-state index in [9.17, 15) is 9.59 Å². The molecule has 0 bridgehead atoms. The van der Waals surface area contributed by atoms with E-state index in [2.05, 4.69) is 57.9 Å². The number of aromatic nitrogens is 2. The van der Waals surface area contributed by atoms with Crippen LogP contribution >= 0.6 is 47.8 Å². The Morgan fingerprint density at radius 3 is 2.59 bits per heavy atom. The van der Waals surface area contributed by atoms with Crippen LogP contribution in [0.4, 0.5) is 0 Å². The third kappa shape index (κ3) is 6.24. The Hall–Kier alpha value is -2.28. The summed E-state index contributed by atoms with van der Waals surface area (Å²) in [7, 11) is 0. The summed E-state index contributed by atoms with van der Waals surface area (Å²) in [6.45, 7) is 6.16. The van der Waals surface area contributed by atoms with Crippen molar-refractivity contribution in [2.45, 2.75) is 20.3 Å². The van der Waals surface area contributed by atoms with E-state index in [0.717, 1.165) is 4.47 Å². The molecule has 2 aromatic carbocycles. The van der Waals surface area contributed by atoms with E-state index in [1.165, 1.54) is 4.68 Å². The molecule has 0 unspecified atom stereocenters. The minimum absolute atomic E-state index is 0.124. The molecule has 12 heteroatoms. The second kappa shape index (κ2) is 12.5. The fourth-order valence-electron chi connectivity index (χ4n) is 3.80. The molecule has 196 valence electrons. The first kappa shape index (κ1) is 27.7. The average Bonchev–Trinajstić information content (AvgIpc) is 2.91. The topological polar surface area (TPSA) is 95.2 Å². The van der Waals surface area contributed by atoms with Crippen LogP contribution in [0.5, 0.6) is 11.5 Å². The molecule has 1 aliphatic rings. The Kier molecular flexibility index (Phi) is 9.38. The minimum Gasteiger partial charge on any atom is -0.490 e. The van der Waals surface area contributed by atoms with Gasteiger partial charge in [0.25, 0.3) is 11.5 Å². The fourth-order valence-corrected chi connectivity index (χ4v) is 5.09. The molecule has 0 radical (unpaired) electrons. The summed E-state index contributed by atoms with van der Waals surface area (Å²) < 4.78 is 20.3. The Labute approximate surface area is 239 Å². The van der Waals surface area contributed by atoms with E-state index in [0.29, 0.717) is 82.1 Å². The van der Waals surface area contributed by atoms with Gasteiger partial charge in [-0.15, -0.1) is 0 Å². The lowest BCUT2D eigenvalue weighted by Gasteiger charge is -2.27. The van der Waals surface area contributed by atoms with Crippen LogP contribution in [0.2, 0.25) is 0 Å². The Bertz CT molecular complexity index is 1400. The number of rotatable bonds is 8. The Balaban J connectivity index is 1.66. The highest BCUT2D eigenvalue weighted by molar-refractivity contribution is 9.13. The second-order valence-electron chi connectivity index (χ2n) is 8.04. The van der Waals surface area contributed by atoms with Gasteiger partial charge in [0, 0.05) is 34.0 Å². The smallest absolute Gasteiger partial charge is 0.282 e. The molecule has 0 atom stereocenters. The summed E-state index contributed by atoms with van der Waals surface area (Å²) in [5.74, 6) is 1.26. The number of amides is 1. The highest BCUT2D eigenvalue weighted by atomic mass is 79.9. The number of morpholine rings is 1. The maximum Gasteiger partial charge on any atom is 0.282 e. The highest BCUT2D eigenvalue weighted by Gasteiger charge is 2.21. The van der Waals surface area contributed by atoms with E-state index < -0.39 is 0 Å². The molecule has 1 amide bonds. The number of ether oxygens (including phenoxy) is 3. The molecule has 3 aromatic rings. The quantitative estimate of drug-likeness (QED) is 0.315. The monoisotopic (exact) mass is 698 g/mol. The van der Waals surface area contributed by atoms with Gasteiger partial charge < -0.3 is 19.1 Å². The van der Waals surface area contributed by atoms with Gasteiger partial charge in [-0.3, -0.25) is 9.59 Å². The van der Waals surface area contributed by atoms with Gasteiger partial charge in [0.15, 0.2) is 18.1 Å². The molecule has 1 fully saturated rings. The van der Waals surface area contributed by atoms with Crippen molar-refractivity contribution < 1.29 is 19.0 Å². The lowest BCUT2D eigenvalue weighted by molar-refractivity contribution is -0.137. The lowest BCUT2D eigenvalue weighted by Crippen LogP contribution is -2.43. The third-order valence-electron chi connectivity index (χ3n) is 5.66. The number of carbonyl (C=O) groups is 1. The van der Waals surface area contributed by atoms with E-state index in [-0.39, 0.29) is 18.1 Å². The fraction of sp³-hybridized carbons (Fsp3) is 0.360. The van der Waals surface area contributed by atoms with E-state index in [1.807, 2.05) is 19.9 Å². The van der Waals surface area contributed by atoms with Gasteiger partial charge in [0.05, 0.1) is 41.4 Å². The zero-order valence-corrected chi connectivity index (χ0v) is 25.1. The number of aryl methyl sites for hydroxylation is 1. The minimum atomic E-state index is -0.263. The van der Waals surface area contributed by atoms with Crippen molar-refractivity contribution in [2.75, 3.05) is 39.5 Å². The second-order valence-corrected chi connectivity index (χ2v) is 10.5. The third-order valence-corrected chi connectivity index (χ3v) is 8.30. The first-order valence-electron chi connectivity index (χ1n) is 11.7. The molecule has 1 aromatic heterocycles. The van der Waals surface area contributed by atoms with Crippen LogP contribution in [0, 0.1) is 0 Å². The first-order valence-corrected chi connectivity index (χ1v) is 14.1. The van der Waals surface area contributed by atoms with Crippen molar-refractivity contribution in [3.63, 3.8) is 0 Å². The Morgan fingerprint density at radius 1 is 1.14 bits per heavy atom. The van der Waals surface area contributed by atoms with Gasteiger partial charge in [0.1, 0.15) is 5.82 Å². The van der Waals surface area contributed by atoms with Crippen LogP contribution in [-0.2, 0) is 16.0 Å². The molecule has 1 aliphatic heterocycles. The van der Waals surface area contributed by atoms with Gasteiger partial charge in [0.2, 0.25) is 0 Å². The molecular formula is C25H25Br3N4O5.